The molecule has 0 bridgehead atoms. The first-order chi connectivity index (χ1) is 12.0. The Labute approximate surface area is 148 Å². The minimum absolute atomic E-state index is 0.0857. The van der Waals surface area contributed by atoms with E-state index < -0.39 is 0 Å². The van der Waals surface area contributed by atoms with Crippen LogP contribution in [0, 0.1) is 0 Å². The van der Waals surface area contributed by atoms with Gasteiger partial charge in [-0.3, -0.25) is 14.5 Å². The zero-order valence-electron chi connectivity index (χ0n) is 15.4. The van der Waals surface area contributed by atoms with Gasteiger partial charge in [-0.25, -0.2) is 0 Å². The first-order valence-electron chi connectivity index (χ1n) is 8.28. The Bertz CT molecular complexity index is 560. The lowest BCUT2D eigenvalue weighted by molar-refractivity contribution is -0.147. The molecule has 7 heteroatoms. The molecule has 0 aromatic heterocycles. The fraction of sp³-hybridized carbons (Fsp3) is 0.556. The topological polar surface area (TPSA) is 74.3 Å². The van der Waals surface area contributed by atoms with Crippen LogP contribution in [0.3, 0.4) is 0 Å². The van der Waals surface area contributed by atoms with E-state index >= 15 is 0 Å². The molecule has 140 valence electrons. The number of carbonyl (C=O) groups excluding carboxylic acids is 2. The average Bonchev–Trinajstić information content (AvgIpc) is 2.60. The maximum Gasteiger partial charge on any atom is 0.320 e. The standard InChI is InChI=1S/C18H27NO6/c1-5-24-17(20)9-10-19(13-18(21)25-6-2)12-14-7-8-15(22-3)11-16(14)23-4/h7-8,11H,5-6,9-10,12-13H2,1-4H3. The SMILES string of the molecule is CCOC(=O)CCN(CC(=O)OCC)Cc1ccc(OC)cc1OC. The summed E-state index contributed by atoms with van der Waals surface area (Å²) < 4.78 is 20.5. The van der Waals surface area contributed by atoms with E-state index in [1.807, 2.05) is 17.0 Å². The number of methoxy groups -OCH3 is 2. The molecule has 0 atom stereocenters. The van der Waals surface area contributed by atoms with Crippen molar-refractivity contribution in [1.82, 2.24) is 4.90 Å². The third-order valence-corrected chi connectivity index (χ3v) is 3.48. The molecule has 0 heterocycles. The average molecular weight is 353 g/mol. The lowest BCUT2D eigenvalue weighted by atomic mass is 10.1. The van der Waals surface area contributed by atoms with Crippen molar-refractivity contribution in [1.29, 1.82) is 0 Å². The number of carbonyl (C=O) groups is 2. The van der Waals surface area contributed by atoms with Gasteiger partial charge in [-0.1, -0.05) is 6.07 Å². The van der Waals surface area contributed by atoms with Gasteiger partial charge in [0.1, 0.15) is 11.5 Å². The number of rotatable bonds is 11. The summed E-state index contributed by atoms with van der Waals surface area (Å²) in [6.07, 6.45) is 0.200. The van der Waals surface area contributed by atoms with Crippen molar-refractivity contribution < 1.29 is 28.5 Å². The minimum atomic E-state index is -0.334. The largest absolute Gasteiger partial charge is 0.497 e. The molecule has 0 radical (unpaired) electrons. The van der Waals surface area contributed by atoms with Gasteiger partial charge in [-0.2, -0.15) is 0 Å². The Morgan fingerprint density at radius 3 is 2.28 bits per heavy atom. The molecule has 0 spiro atoms. The van der Waals surface area contributed by atoms with E-state index in [0.29, 0.717) is 37.8 Å². The Balaban J connectivity index is 2.83. The molecule has 1 rings (SSSR count). The normalized spacial score (nSPS) is 10.4. The zero-order chi connectivity index (χ0) is 18.7. The van der Waals surface area contributed by atoms with Gasteiger partial charge in [0, 0.05) is 24.7 Å². The highest BCUT2D eigenvalue weighted by atomic mass is 16.5. The predicted octanol–water partition coefficient (Wildman–Crippen LogP) is 2.02. The van der Waals surface area contributed by atoms with Crippen LogP contribution in [-0.2, 0) is 25.6 Å². The summed E-state index contributed by atoms with van der Waals surface area (Å²) in [6.45, 7) is 5.07. The lowest BCUT2D eigenvalue weighted by Crippen LogP contribution is -2.33. The number of hydrogen-bond acceptors (Lipinski definition) is 7. The monoisotopic (exact) mass is 353 g/mol. The van der Waals surface area contributed by atoms with Crippen molar-refractivity contribution in [2.45, 2.75) is 26.8 Å². The van der Waals surface area contributed by atoms with Crippen LogP contribution in [0.4, 0.5) is 0 Å². The number of ether oxygens (including phenoxy) is 4. The molecule has 0 aliphatic rings. The van der Waals surface area contributed by atoms with Crippen LogP contribution in [0.15, 0.2) is 18.2 Å². The van der Waals surface area contributed by atoms with Crippen molar-refractivity contribution in [2.24, 2.45) is 0 Å². The molecule has 0 aliphatic carbocycles. The molecule has 1 aromatic rings. The molecule has 25 heavy (non-hydrogen) atoms. The van der Waals surface area contributed by atoms with Crippen LogP contribution in [0.25, 0.3) is 0 Å². The fourth-order valence-corrected chi connectivity index (χ4v) is 2.31. The fourth-order valence-electron chi connectivity index (χ4n) is 2.31. The van der Waals surface area contributed by atoms with E-state index in [9.17, 15) is 9.59 Å². The maximum atomic E-state index is 11.8. The summed E-state index contributed by atoms with van der Waals surface area (Å²) in [5.41, 5.74) is 0.886. The Kier molecular flexibility index (Phi) is 9.39. The lowest BCUT2D eigenvalue weighted by Gasteiger charge is -2.22. The third kappa shape index (κ3) is 7.43. The molecular formula is C18H27NO6. The molecule has 7 nitrogen and oxygen atoms in total. The summed E-state index contributed by atoms with van der Waals surface area (Å²) >= 11 is 0. The van der Waals surface area contributed by atoms with Crippen LogP contribution < -0.4 is 9.47 Å². The van der Waals surface area contributed by atoms with Crippen molar-refractivity contribution in [2.75, 3.05) is 40.5 Å². The van der Waals surface area contributed by atoms with Gasteiger partial charge in [-0.15, -0.1) is 0 Å². The summed E-state index contributed by atoms with van der Waals surface area (Å²) in [5.74, 6) is 0.713. The van der Waals surface area contributed by atoms with E-state index in [0.717, 1.165) is 5.56 Å². The van der Waals surface area contributed by atoms with Crippen LogP contribution >= 0.6 is 0 Å². The number of nitrogens with zero attached hydrogens (tertiary/aromatic N) is 1. The molecule has 0 fully saturated rings. The number of benzene rings is 1. The summed E-state index contributed by atoms with van der Waals surface area (Å²) in [5, 5.41) is 0. The van der Waals surface area contributed by atoms with Gasteiger partial charge in [0.15, 0.2) is 0 Å². The predicted molar refractivity (Wildman–Crippen MR) is 92.7 cm³/mol. The van der Waals surface area contributed by atoms with Gasteiger partial charge < -0.3 is 18.9 Å². The molecular weight excluding hydrogens is 326 g/mol. The van der Waals surface area contributed by atoms with Crippen molar-refractivity contribution in [3.8, 4) is 11.5 Å². The van der Waals surface area contributed by atoms with Crippen LogP contribution in [-0.4, -0.2) is 57.4 Å². The van der Waals surface area contributed by atoms with E-state index in [1.165, 1.54) is 0 Å². The van der Waals surface area contributed by atoms with Gasteiger partial charge >= 0.3 is 11.9 Å². The van der Waals surface area contributed by atoms with Gasteiger partial charge in [-0.05, 0) is 19.9 Å². The van der Waals surface area contributed by atoms with E-state index in [2.05, 4.69) is 0 Å². The van der Waals surface area contributed by atoms with Gasteiger partial charge in [0.2, 0.25) is 0 Å². The number of esters is 2. The smallest absolute Gasteiger partial charge is 0.320 e. The number of hydrogen-bond donors (Lipinski definition) is 0. The second-order valence-electron chi connectivity index (χ2n) is 5.25. The van der Waals surface area contributed by atoms with E-state index in [1.54, 1.807) is 34.1 Å². The van der Waals surface area contributed by atoms with Crippen molar-refractivity contribution in [3.05, 3.63) is 23.8 Å². The van der Waals surface area contributed by atoms with E-state index in [4.69, 9.17) is 18.9 Å². The summed E-state index contributed by atoms with van der Waals surface area (Å²) in [6, 6.07) is 5.48. The van der Waals surface area contributed by atoms with Gasteiger partial charge in [0.25, 0.3) is 0 Å². The van der Waals surface area contributed by atoms with Gasteiger partial charge in [0.05, 0.1) is 40.4 Å². The zero-order valence-corrected chi connectivity index (χ0v) is 15.4. The third-order valence-electron chi connectivity index (χ3n) is 3.48. The molecule has 0 unspecified atom stereocenters. The van der Waals surface area contributed by atoms with E-state index in [-0.39, 0.29) is 24.9 Å². The van der Waals surface area contributed by atoms with Crippen molar-refractivity contribution >= 4 is 11.9 Å². The quantitative estimate of drug-likeness (QED) is 0.564. The van der Waals surface area contributed by atoms with Crippen LogP contribution in [0.1, 0.15) is 25.8 Å². The van der Waals surface area contributed by atoms with Crippen LogP contribution in [0.2, 0.25) is 0 Å². The first-order valence-corrected chi connectivity index (χ1v) is 8.28. The second-order valence-corrected chi connectivity index (χ2v) is 5.25. The highest BCUT2D eigenvalue weighted by molar-refractivity contribution is 5.72. The van der Waals surface area contributed by atoms with Crippen molar-refractivity contribution in [3.63, 3.8) is 0 Å². The molecule has 0 saturated heterocycles. The molecule has 1 aromatic carbocycles. The molecule has 0 aliphatic heterocycles. The maximum absolute atomic E-state index is 11.8. The second kappa shape index (κ2) is 11.3. The Hall–Kier alpha value is -2.28. The first kappa shape index (κ1) is 20.8. The van der Waals surface area contributed by atoms with Crippen LogP contribution in [0.5, 0.6) is 11.5 Å². The summed E-state index contributed by atoms with van der Waals surface area (Å²) in [7, 11) is 3.16. The minimum Gasteiger partial charge on any atom is -0.497 e. The Morgan fingerprint density at radius 1 is 1.00 bits per heavy atom. The summed E-state index contributed by atoms with van der Waals surface area (Å²) in [4.78, 5) is 25.3. The highest BCUT2D eigenvalue weighted by Gasteiger charge is 2.16. The Morgan fingerprint density at radius 2 is 1.68 bits per heavy atom. The molecule has 0 N–H and O–H groups in total. The highest BCUT2D eigenvalue weighted by Crippen LogP contribution is 2.25. The molecule has 0 saturated carbocycles. The molecule has 0 amide bonds.